The van der Waals surface area contributed by atoms with Crippen LogP contribution in [0.4, 0.5) is 5.69 Å². The normalized spacial score (nSPS) is 21.5. The number of likely N-dealkylation sites (tertiary alicyclic amines) is 1. The number of carbonyl (C=O) groups is 1. The first kappa shape index (κ1) is 33.2. The number of allylic oxidation sites excluding steroid dienone is 5. The van der Waals surface area contributed by atoms with E-state index in [0.717, 1.165) is 53.9 Å². The first-order chi connectivity index (χ1) is 21.5. The number of benzene rings is 2. The number of hydrogen-bond acceptors (Lipinski definition) is 7. The molecule has 0 radical (unpaired) electrons. The number of aliphatic hydroxyl groups excluding tert-OH is 2. The second-order valence-electron chi connectivity index (χ2n) is 12.7. The van der Waals surface area contributed by atoms with E-state index in [2.05, 4.69) is 4.90 Å². The molecule has 2 heterocycles. The summed E-state index contributed by atoms with van der Waals surface area (Å²) in [4.78, 5) is 17.9. The zero-order chi connectivity index (χ0) is 32.3. The van der Waals surface area contributed by atoms with Gasteiger partial charge in [0.25, 0.3) is 0 Å². The molecule has 0 aromatic heterocycles. The van der Waals surface area contributed by atoms with Crippen molar-refractivity contribution in [2.24, 2.45) is 5.92 Å². The van der Waals surface area contributed by atoms with Crippen LogP contribution in [0.3, 0.4) is 0 Å². The summed E-state index contributed by atoms with van der Waals surface area (Å²) in [5, 5.41) is 31.4. The van der Waals surface area contributed by atoms with E-state index < -0.39 is 17.7 Å². The third-order valence-corrected chi connectivity index (χ3v) is 9.43. The van der Waals surface area contributed by atoms with Gasteiger partial charge in [-0.2, -0.15) is 0 Å². The van der Waals surface area contributed by atoms with E-state index >= 15 is 0 Å². The van der Waals surface area contributed by atoms with Gasteiger partial charge in [0.1, 0.15) is 0 Å². The summed E-state index contributed by atoms with van der Waals surface area (Å²) in [5.74, 6) is 1.23. The average Bonchev–Trinajstić information content (AvgIpc) is 3.24. The van der Waals surface area contributed by atoms with Crippen molar-refractivity contribution in [3.05, 3.63) is 88.0 Å². The third-order valence-electron chi connectivity index (χ3n) is 9.18. The van der Waals surface area contributed by atoms with Crippen LogP contribution in [0.25, 0.3) is 0 Å². The molecule has 0 bridgehead atoms. The SMILES string of the molecule is COc1cc2c(cc1OC(C)C)C(C1=CC=C(Cl)C=CC1)N(c1ccc(C(C)(O)C3CCN(CC(O)CO)CC3)cc1)C(=O)C2. The largest absolute Gasteiger partial charge is 0.493 e. The number of fused-ring (bicyclic) bond motifs is 1. The van der Waals surface area contributed by atoms with Crippen LogP contribution in [0.1, 0.15) is 62.8 Å². The van der Waals surface area contributed by atoms with Crippen LogP contribution in [0.2, 0.25) is 0 Å². The highest BCUT2D eigenvalue weighted by Gasteiger charge is 2.39. The highest BCUT2D eigenvalue weighted by Crippen LogP contribution is 2.45. The predicted molar refractivity (Wildman–Crippen MR) is 177 cm³/mol. The van der Waals surface area contributed by atoms with Crippen LogP contribution < -0.4 is 14.4 Å². The summed E-state index contributed by atoms with van der Waals surface area (Å²) in [6.07, 6.45) is 9.33. The molecular weight excluding hydrogens is 592 g/mol. The summed E-state index contributed by atoms with van der Waals surface area (Å²) < 4.78 is 11.8. The molecule has 1 saturated heterocycles. The Balaban J connectivity index is 1.47. The lowest BCUT2D eigenvalue weighted by Crippen LogP contribution is -2.44. The van der Waals surface area contributed by atoms with Gasteiger partial charge >= 0.3 is 0 Å². The number of anilines is 1. The van der Waals surface area contributed by atoms with Crippen molar-refractivity contribution in [1.82, 2.24) is 4.90 Å². The Labute approximate surface area is 271 Å². The topological polar surface area (TPSA) is 103 Å². The van der Waals surface area contributed by atoms with Gasteiger partial charge in [-0.05, 0) is 118 Å². The molecule has 3 aliphatic rings. The van der Waals surface area contributed by atoms with Crippen molar-refractivity contribution in [3.63, 3.8) is 0 Å². The first-order valence-corrected chi connectivity index (χ1v) is 16.2. The number of halogens is 1. The molecule has 2 aromatic rings. The van der Waals surface area contributed by atoms with Gasteiger partial charge in [-0.25, -0.2) is 0 Å². The number of hydrogen-bond donors (Lipinski definition) is 3. The van der Waals surface area contributed by atoms with Crippen LogP contribution >= 0.6 is 11.6 Å². The summed E-state index contributed by atoms with van der Waals surface area (Å²) >= 11 is 6.36. The number of carbonyl (C=O) groups excluding carboxylic acids is 1. The van der Waals surface area contributed by atoms with E-state index in [-0.39, 0.29) is 31.0 Å². The molecule has 9 heteroatoms. The minimum absolute atomic E-state index is 0.0340. The van der Waals surface area contributed by atoms with Gasteiger partial charge in [-0.3, -0.25) is 4.79 Å². The van der Waals surface area contributed by atoms with E-state index in [1.807, 2.05) is 86.4 Å². The monoisotopic (exact) mass is 636 g/mol. The quantitative estimate of drug-likeness (QED) is 0.321. The van der Waals surface area contributed by atoms with E-state index in [1.165, 1.54) is 0 Å². The summed E-state index contributed by atoms with van der Waals surface area (Å²) in [5.41, 5.74) is 3.38. The number of ether oxygens (including phenoxy) is 2. The van der Waals surface area contributed by atoms with Crippen molar-refractivity contribution >= 4 is 23.2 Å². The van der Waals surface area contributed by atoms with Gasteiger partial charge in [0, 0.05) is 17.3 Å². The molecule has 0 saturated carbocycles. The van der Waals surface area contributed by atoms with E-state index in [0.29, 0.717) is 29.5 Å². The minimum atomic E-state index is -1.06. The van der Waals surface area contributed by atoms with Crippen LogP contribution in [-0.2, 0) is 16.8 Å². The Kier molecular flexibility index (Phi) is 10.4. The van der Waals surface area contributed by atoms with Crippen LogP contribution in [0.5, 0.6) is 11.5 Å². The Hall–Kier alpha value is -3.14. The fourth-order valence-corrected chi connectivity index (χ4v) is 6.92. The Morgan fingerprint density at radius 3 is 2.44 bits per heavy atom. The molecule has 5 rings (SSSR count). The average molecular weight is 637 g/mol. The number of piperidine rings is 1. The molecule has 0 spiro atoms. The highest BCUT2D eigenvalue weighted by atomic mass is 35.5. The molecule has 1 amide bonds. The Morgan fingerprint density at radius 2 is 1.80 bits per heavy atom. The Bertz CT molecular complexity index is 1460. The lowest BCUT2D eigenvalue weighted by Gasteiger charge is -2.41. The molecular formula is C36H45ClN2O6. The zero-order valence-electron chi connectivity index (χ0n) is 26.6. The smallest absolute Gasteiger partial charge is 0.232 e. The summed E-state index contributed by atoms with van der Waals surface area (Å²) in [6.45, 7) is 7.47. The molecule has 45 heavy (non-hydrogen) atoms. The van der Waals surface area contributed by atoms with Crippen LogP contribution in [0, 0.1) is 5.92 Å². The number of amides is 1. The van der Waals surface area contributed by atoms with Crippen molar-refractivity contribution in [3.8, 4) is 11.5 Å². The number of rotatable bonds is 10. The van der Waals surface area contributed by atoms with Gasteiger partial charge in [0.05, 0.1) is 44.0 Å². The summed E-state index contributed by atoms with van der Waals surface area (Å²) in [6, 6.07) is 11.2. The molecule has 2 aromatic carbocycles. The number of aliphatic hydroxyl groups is 3. The molecule has 1 aliphatic carbocycles. The predicted octanol–water partition coefficient (Wildman–Crippen LogP) is 5.39. The second-order valence-corrected chi connectivity index (χ2v) is 13.2. The molecule has 2 aliphatic heterocycles. The molecule has 1 fully saturated rings. The molecule has 3 atom stereocenters. The van der Waals surface area contributed by atoms with Crippen LogP contribution in [-0.4, -0.2) is 71.7 Å². The number of β-amino-alcohol motifs (C(OH)–C–C–N with tert-alkyl or cyclic N) is 1. The molecule has 8 nitrogen and oxygen atoms in total. The maximum absolute atomic E-state index is 14.0. The van der Waals surface area contributed by atoms with Gasteiger partial charge < -0.3 is 34.6 Å². The zero-order valence-corrected chi connectivity index (χ0v) is 27.3. The minimum Gasteiger partial charge on any atom is -0.493 e. The molecule has 3 unspecified atom stereocenters. The van der Waals surface area contributed by atoms with Gasteiger partial charge in [0.2, 0.25) is 5.91 Å². The van der Waals surface area contributed by atoms with Crippen molar-refractivity contribution in [2.75, 3.05) is 38.3 Å². The number of nitrogens with zero attached hydrogens (tertiary/aromatic N) is 2. The summed E-state index contributed by atoms with van der Waals surface area (Å²) in [7, 11) is 1.61. The van der Waals surface area contributed by atoms with Gasteiger partial charge in [-0.1, -0.05) is 35.9 Å². The fraction of sp³-hybridized carbons (Fsp3) is 0.472. The van der Waals surface area contributed by atoms with Crippen molar-refractivity contribution in [2.45, 2.75) is 70.3 Å². The molecule has 3 N–H and O–H groups in total. The third kappa shape index (κ3) is 7.31. The van der Waals surface area contributed by atoms with E-state index in [9.17, 15) is 20.1 Å². The van der Waals surface area contributed by atoms with Gasteiger partial charge in [-0.15, -0.1) is 0 Å². The lowest BCUT2D eigenvalue weighted by molar-refractivity contribution is -0.118. The second kappa shape index (κ2) is 14.1. The lowest BCUT2D eigenvalue weighted by atomic mass is 9.77. The number of methoxy groups -OCH3 is 1. The van der Waals surface area contributed by atoms with Crippen molar-refractivity contribution in [1.29, 1.82) is 0 Å². The van der Waals surface area contributed by atoms with E-state index in [4.69, 9.17) is 21.1 Å². The highest BCUT2D eigenvalue weighted by molar-refractivity contribution is 6.31. The van der Waals surface area contributed by atoms with Gasteiger partial charge in [0.15, 0.2) is 11.5 Å². The van der Waals surface area contributed by atoms with Crippen molar-refractivity contribution < 1.29 is 29.6 Å². The fourth-order valence-electron chi connectivity index (χ4n) is 6.77. The first-order valence-electron chi connectivity index (χ1n) is 15.8. The Morgan fingerprint density at radius 1 is 1.09 bits per heavy atom. The van der Waals surface area contributed by atoms with Crippen LogP contribution in [0.15, 0.2) is 71.3 Å². The standard InChI is InChI=1S/C36H45ClN2O6/c1-23(2)45-33-20-31-25(18-32(33)44-4)19-34(42)39(35(31)24-6-5-7-28(37)11-8-24)29-12-9-26(10-13-29)36(3,43)27-14-16-38(17-15-27)21-30(41)22-40/h5,7-13,18,20,23,27,30,35,40-41,43H,6,14-17,19,21-22H2,1-4H3. The maximum Gasteiger partial charge on any atom is 0.232 e. The van der Waals surface area contributed by atoms with E-state index in [1.54, 1.807) is 7.11 Å². The maximum atomic E-state index is 14.0. The molecule has 242 valence electrons.